The molecule has 18 heavy (non-hydrogen) atoms. The number of ketones is 1. The smallest absolute Gasteiger partial charge is 0.229 e. The SMILES string of the molecule is CC(=O)[C@H](CC(C)C)N1CCC2(CCCC2)C1=O. The maximum absolute atomic E-state index is 12.6. The van der Waals surface area contributed by atoms with Gasteiger partial charge in [-0.3, -0.25) is 9.59 Å². The van der Waals surface area contributed by atoms with Crippen molar-refractivity contribution in [1.82, 2.24) is 4.90 Å². The molecule has 0 bridgehead atoms. The van der Waals surface area contributed by atoms with Gasteiger partial charge in [-0.05, 0) is 38.5 Å². The van der Waals surface area contributed by atoms with E-state index in [1.54, 1.807) is 6.92 Å². The zero-order valence-electron chi connectivity index (χ0n) is 11.9. The van der Waals surface area contributed by atoms with Crippen LogP contribution in [-0.4, -0.2) is 29.2 Å². The lowest BCUT2D eigenvalue weighted by molar-refractivity contribution is -0.142. The molecule has 2 aliphatic rings. The van der Waals surface area contributed by atoms with E-state index in [1.807, 2.05) is 4.90 Å². The predicted octanol–water partition coefficient (Wildman–Crippen LogP) is 2.78. The summed E-state index contributed by atoms with van der Waals surface area (Å²) in [7, 11) is 0. The fraction of sp³-hybridized carbons (Fsp3) is 0.867. The summed E-state index contributed by atoms with van der Waals surface area (Å²) in [4.78, 5) is 26.3. The molecular formula is C15H25NO2. The number of hydrogen-bond acceptors (Lipinski definition) is 2. The molecule has 2 rings (SSSR count). The molecule has 3 heteroatoms. The van der Waals surface area contributed by atoms with Gasteiger partial charge < -0.3 is 4.90 Å². The van der Waals surface area contributed by atoms with Gasteiger partial charge in [0, 0.05) is 6.54 Å². The van der Waals surface area contributed by atoms with Crippen molar-refractivity contribution in [3.8, 4) is 0 Å². The van der Waals surface area contributed by atoms with Crippen molar-refractivity contribution in [2.75, 3.05) is 6.54 Å². The Morgan fingerprint density at radius 1 is 1.28 bits per heavy atom. The largest absolute Gasteiger partial charge is 0.332 e. The molecule has 1 atom stereocenters. The monoisotopic (exact) mass is 251 g/mol. The lowest BCUT2D eigenvalue weighted by atomic mass is 9.84. The highest BCUT2D eigenvalue weighted by molar-refractivity contribution is 5.91. The number of carbonyl (C=O) groups is 2. The van der Waals surface area contributed by atoms with Gasteiger partial charge in [0.2, 0.25) is 5.91 Å². The summed E-state index contributed by atoms with van der Waals surface area (Å²) < 4.78 is 0. The normalized spacial score (nSPS) is 24.2. The minimum atomic E-state index is -0.183. The van der Waals surface area contributed by atoms with Crippen LogP contribution >= 0.6 is 0 Å². The van der Waals surface area contributed by atoms with Gasteiger partial charge in [0.05, 0.1) is 11.5 Å². The van der Waals surface area contributed by atoms with E-state index >= 15 is 0 Å². The van der Waals surface area contributed by atoms with E-state index in [0.717, 1.165) is 32.2 Å². The Bertz CT molecular complexity index is 342. The van der Waals surface area contributed by atoms with Crippen molar-refractivity contribution in [3.63, 3.8) is 0 Å². The molecule has 0 aromatic heterocycles. The van der Waals surface area contributed by atoms with E-state index < -0.39 is 0 Å². The Kier molecular flexibility index (Phi) is 3.79. The Hall–Kier alpha value is -0.860. The lowest BCUT2D eigenvalue weighted by Crippen LogP contribution is -2.44. The number of rotatable bonds is 4. The molecule has 3 nitrogen and oxygen atoms in total. The van der Waals surface area contributed by atoms with E-state index in [0.29, 0.717) is 5.92 Å². The van der Waals surface area contributed by atoms with E-state index in [2.05, 4.69) is 13.8 Å². The molecule has 1 amide bonds. The maximum Gasteiger partial charge on any atom is 0.229 e. The van der Waals surface area contributed by atoms with E-state index in [4.69, 9.17) is 0 Å². The highest BCUT2D eigenvalue weighted by Crippen LogP contribution is 2.47. The summed E-state index contributed by atoms with van der Waals surface area (Å²) in [6.45, 7) is 6.64. The molecule has 1 aliphatic carbocycles. The Labute approximate surface area is 110 Å². The van der Waals surface area contributed by atoms with Crippen LogP contribution < -0.4 is 0 Å². The zero-order valence-corrected chi connectivity index (χ0v) is 11.9. The van der Waals surface area contributed by atoms with Crippen molar-refractivity contribution in [2.45, 2.75) is 65.3 Å². The first-order valence-electron chi connectivity index (χ1n) is 7.28. The van der Waals surface area contributed by atoms with Crippen molar-refractivity contribution in [1.29, 1.82) is 0 Å². The number of hydrogen-bond donors (Lipinski definition) is 0. The third-order valence-corrected chi connectivity index (χ3v) is 4.65. The van der Waals surface area contributed by atoms with Crippen molar-refractivity contribution >= 4 is 11.7 Å². The maximum atomic E-state index is 12.6. The molecular weight excluding hydrogens is 226 g/mol. The third-order valence-electron chi connectivity index (χ3n) is 4.65. The molecule has 1 saturated heterocycles. The minimum Gasteiger partial charge on any atom is -0.332 e. The van der Waals surface area contributed by atoms with Crippen LogP contribution in [0.5, 0.6) is 0 Å². The highest BCUT2D eigenvalue weighted by Gasteiger charge is 2.50. The number of nitrogens with zero attached hydrogens (tertiary/aromatic N) is 1. The average Bonchev–Trinajstić information content (AvgIpc) is 2.87. The third kappa shape index (κ3) is 2.32. The quantitative estimate of drug-likeness (QED) is 0.770. The van der Waals surface area contributed by atoms with Crippen LogP contribution in [0.25, 0.3) is 0 Å². The molecule has 0 aromatic carbocycles. The van der Waals surface area contributed by atoms with Crippen LogP contribution in [0, 0.1) is 11.3 Å². The summed E-state index contributed by atoms with van der Waals surface area (Å²) in [5.41, 5.74) is -0.0926. The van der Waals surface area contributed by atoms with Crippen LogP contribution in [0.4, 0.5) is 0 Å². The molecule has 0 N–H and O–H groups in total. The second kappa shape index (κ2) is 5.02. The number of carbonyl (C=O) groups excluding carboxylic acids is 2. The van der Waals surface area contributed by atoms with Crippen LogP contribution in [0.3, 0.4) is 0 Å². The summed E-state index contributed by atoms with van der Waals surface area (Å²) >= 11 is 0. The molecule has 0 unspecified atom stereocenters. The molecule has 1 spiro atoms. The van der Waals surface area contributed by atoms with Crippen LogP contribution in [0.1, 0.15) is 59.3 Å². The Balaban J connectivity index is 2.13. The standard InChI is InChI=1S/C15H25NO2/c1-11(2)10-13(12(3)17)16-9-8-15(14(16)18)6-4-5-7-15/h11,13H,4-10H2,1-3H3/t13-/m0/s1. The second-order valence-corrected chi connectivity index (χ2v) is 6.49. The van der Waals surface area contributed by atoms with Gasteiger partial charge in [-0.1, -0.05) is 26.7 Å². The van der Waals surface area contributed by atoms with Gasteiger partial charge in [-0.15, -0.1) is 0 Å². The van der Waals surface area contributed by atoms with E-state index in [9.17, 15) is 9.59 Å². The molecule has 2 fully saturated rings. The molecule has 0 aromatic rings. The van der Waals surface area contributed by atoms with Crippen molar-refractivity contribution < 1.29 is 9.59 Å². The van der Waals surface area contributed by atoms with E-state index in [1.165, 1.54) is 12.8 Å². The number of Topliss-reactive ketones (excluding diaryl/α,β-unsaturated/α-hetero) is 1. The topological polar surface area (TPSA) is 37.4 Å². The predicted molar refractivity (Wildman–Crippen MR) is 71.2 cm³/mol. The van der Waals surface area contributed by atoms with Gasteiger partial charge >= 0.3 is 0 Å². The van der Waals surface area contributed by atoms with Crippen LogP contribution in [0.2, 0.25) is 0 Å². The summed E-state index contributed by atoms with van der Waals surface area (Å²) in [6.07, 6.45) is 6.19. The molecule has 1 aliphatic heterocycles. The number of likely N-dealkylation sites (tertiary alicyclic amines) is 1. The first kappa shape index (κ1) is 13.6. The minimum absolute atomic E-state index is 0.0926. The van der Waals surface area contributed by atoms with Gasteiger partial charge in [0.25, 0.3) is 0 Å². The summed E-state index contributed by atoms with van der Waals surface area (Å²) in [5, 5.41) is 0. The molecule has 102 valence electrons. The Morgan fingerprint density at radius 2 is 1.89 bits per heavy atom. The molecule has 1 heterocycles. The second-order valence-electron chi connectivity index (χ2n) is 6.49. The van der Waals surface area contributed by atoms with Gasteiger partial charge in [0.15, 0.2) is 5.78 Å². The van der Waals surface area contributed by atoms with Gasteiger partial charge in [0.1, 0.15) is 0 Å². The van der Waals surface area contributed by atoms with Gasteiger partial charge in [-0.2, -0.15) is 0 Å². The average molecular weight is 251 g/mol. The molecule has 0 radical (unpaired) electrons. The first-order chi connectivity index (χ1) is 8.46. The number of amides is 1. The van der Waals surface area contributed by atoms with Crippen molar-refractivity contribution in [3.05, 3.63) is 0 Å². The van der Waals surface area contributed by atoms with Crippen molar-refractivity contribution in [2.24, 2.45) is 11.3 Å². The fourth-order valence-corrected chi connectivity index (χ4v) is 3.62. The fourth-order valence-electron chi connectivity index (χ4n) is 3.62. The van der Waals surface area contributed by atoms with Gasteiger partial charge in [-0.25, -0.2) is 0 Å². The zero-order chi connectivity index (χ0) is 13.3. The summed E-state index contributed by atoms with van der Waals surface area (Å²) in [5.74, 6) is 0.861. The Morgan fingerprint density at radius 3 is 2.39 bits per heavy atom. The lowest BCUT2D eigenvalue weighted by Gasteiger charge is -2.29. The van der Waals surface area contributed by atoms with Crippen LogP contribution in [0.15, 0.2) is 0 Å². The van der Waals surface area contributed by atoms with E-state index in [-0.39, 0.29) is 23.1 Å². The van der Waals surface area contributed by atoms with Crippen LogP contribution in [-0.2, 0) is 9.59 Å². The first-order valence-corrected chi connectivity index (χ1v) is 7.28. The summed E-state index contributed by atoms with van der Waals surface area (Å²) in [6, 6.07) is -0.183. The molecule has 1 saturated carbocycles. The highest BCUT2D eigenvalue weighted by atomic mass is 16.2.